The first-order valence-electron chi connectivity index (χ1n) is 5.55. The molecule has 0 saturated carbocycles. The van der Waals surface area contributed by atoms with E-state index in [4.69, 9.17) is 9.47 Å². The summed E-state index contributed by atoms with van der Waals surface area (Å²) in [7, 11) is 1.44. The molecule has 0 aliphatic heterocycles. The smallest absolute Gasteiger partial charge is 0.287 e. The van der Waals surface area contributed by atoms with Crippen LogP contribution >= 0.6 is 0 Å². The van der Waals surface area contributed by atoms with Crippen molar-refractivity contribution in [2.75, 3.05) is 7.11 Å². The zero-order chi connectivity index (χ0) is 14.5. The molecule has 0 bridgehead atoms. The second-order valence-corrected chi connectivity index (χ2v) is 3.74. The third-order valence-corrected chi connectivity index (χ3v) is 2.47. The standard InChI is InChI=1S/C13H10N2O5/c1-19-12-6-9(8-16)2-4-11(12)20-13-5-3-10(7-14-13)15(17)18/h2-8H,1H3. The van der Waals surface area contributed by atoms with Gasteiger partial charge in [-0.05, 0) is 18.2 Å². The van der Waals surface area contributed by atoms with Gasteiger partial charge in [-0.1, -0.05) is 0 Å². The first-order chi connectivity index (χ1) is 9.63. The van der Waals surface area contributed by atoms with Crippen LogP contribution in [0.1, 0.15) is 10.4 Å². The van der Waals surface area contributed by atoms with Crippen molar-refractivity contribution in [2.45, 2.75) is 0 Å². The number of aldehydes is 1. The molecule has 0 spiro atoms. The summed E-state index contributed by atoms with van der Waals surface area (Å²) in [5.74, 6) is 0.918. The highest BCUT2D eigenvalue weighted by atomic mass is 16.6. The van der Waals surface area contributed by atoms with E-state index in [2.05, 4.69) is 4.98 Å². The van der Waals surface area contributed by atoms with Gasteiger partial charge < -0.3 is 9.47 Å². The third-order valence-electron chi connectivity index (χ3n) is 2.47. The normalized spacial score (nSPS) is 9.85. The monoisotopic (exact) mass is 274 g/mol. The summed E-state index contributed by atoms with van der Waals surface area (Å²) < 4.78 is 10.6. The van der Waals surface area contributed by atoms with Gasteiger partial charge in [-0.25, -0.2) is 4.98 Å². The fourth-order valence-corrected chi connectivity index (χ4v) is 1.50. The molecule has 1 aromatic heterocycles. The van der Waals surface area contributed by atoms with Crippen molar-refractivity contribution < 1.29 is 19.2 Å². The van der Waals surface area contributed by atoms with Crippen LogP contribution in [0.25, 0.3) is 0 Å². The Morgan fingerprint density at radius 2 is 2.05 bits per heavy atom. The minimum absolute atomic E-state index is 0.124. The summed E-state index contributed by atoms with van der Waals surface area (Å²) in [6.07, 6.45) is 1.79. The van der Waals surface area contributed by atoms with E-state index in [1.165, 1.54) is 25.3 Å². The Labute approximate surface area is 113 Å². The van der Waals surface area contributed by atoms with Gasteiger partial charge >= 0.3 is 0 Å². The van der Waals surface area contributed by atoms with Crippen LogP contribution in [0.3, 0.4) is 0 Å². The lowest BCUT2D eigenvalue weighted by molar-refractivity contribution is -0.385. The number of carbonyl (C=O) groups is 1. The molecule has 0 fully saturated rings. The fraction of sp³-hybridized carbons (Fsp3) is 0.0769. The number of carbonyl (C=O) groups excluding carboxylic acids is 1. The molecule has 0 aliphatic rings. The maximum Gasteiger partial charge on any atom is 0.287 e. The van der Waals surface area contributed by atoms with Crippen LogP contribution < -0.4 is 9.47 Å². The lowest BCUT2D eigenvalue weighted by atomic mass is 10.2. The van der Waals surface area contributed by atoms with Crippen LogP contribution in [-0.4, -0.2) is 23.3 Å². The Kier molecular flexibility index (Phi) is 3.90. The average molecular weight is 274 g/mol. The number of aromatic nitrogens is 1. The number of pyridine rings is 1. The SMILES string of the molecule is COc1cc(C=O)ccc1Oc1ccc([N+](=O)[O-])cn1. The van der Waals surface area contributed by atoms with E-state index in [1.54, 1.807) is 12.1 Å². The summed E-state index contributed by atoms with van der Waals surface area (Å²) in [6, 6.07) is 7.31. The van der Waals surface area contributed by atoms with Gasteiger partial charge in [-0.3, -0.25) is 14.9 Å². The Bertz CT molecular complexity index is 640. The number of rotatable bonds is 5. The van der Waals surface area contributed by atoms with Gasteiger partial charge in [0.2, 0.25) is 5.88 Å². The Morgan fingerprint density at radius 1 is 1.25 bits per heavy atom. The second kappa shape index (κ2) is 5.79. The largest absolute Gasteiger partial charge is 0.493 e. The second-order valence-electron chi connectivity index (χ2n) is 3.74. The molecule has 0 amide bonds. The van der Waals surface area contributed by atoms with Gasteiger partial charge in [0.1, 0.15) is 12.5 Å². The number of benzene rings is 1. The van der Waals surface area contributed by atoms with Gasteiger partial charge in [-0.2, -0.15) is 0 Å². The van der Waals surface area contributed by atoms with Crippen LogP contribution in [-0.2, 0) is 0 Å². The molecule has 0 aliphatic carbocycles. The summed E-state index contributed by atoms with van der Waals surface area (Å²) in [4.78, 5) is 24.5. The maximum absolute atomic E-state index is 10.7. The van der Waals surface area contributed by atoms with E-state index in [0.717, 1.165) is 6.20 Å². The minimum Gasteiger partial charge on any atom is -0.493 e. The van der Waals surface area contributed by atoms with Gasteiger partial charge in [-0.15, -0.1) is 0 Å². The zero-order valence-electron chi connectivity index (χ0n) is 10.5. The number of methoxy groups -OCH3 is 1. The number of hydrogen-bond acceptors (Lipinski definition) is 6. The Morgan fingerprint density at radius 3 is 2.60 bits per heavy atom. The van der Waals surface area contributed by atoms with Gasteiger partial charge in [0.05, 0.1) is 12.0 Å². The van der Waals surface area contributed by atoms with Gasteiger partial charge in [0.25, 0.3) is 5.69 Å². The fourth-order valence-electron chi connectivity index (χ4n) is 1.50. The molecule has 0 atom stereocenters. The summed E-state index contributed by atoms with van der Waals surface area (Å²) in [5, 5.41) is 10.5. The molecular formula is C13H10N2O5. The molecular weight excluding hydrogens is 264 g/mol. The number of ether oxygens (including phenoxy) is 2. The van der Waals surface area contributed by atoms with Crippen molar-refractivity contribution in [3.05, 3.63) is 52.2 Å². The van der Waals surface area contributed by atoms with Crippen LogP contribution in [0.4, 0.5) is 5.69 Å². The Hall–Kier alpha value is -2.96. The molecule has 0 radical (unpaired) electrons. The number of nitro groups is 1. The first-order valence-corrected chi connectivity index (χ1v) is 5.55. The lowest BCUT2D eigenvalue weighted by Crippen LogP contribution is -1.94. The van der Waals surface area contributed by atoms with Crippen LogP contribution in [0.5, 0.6) is 17.4 Å². The van der Waals surface area contributed by atoms with Crippen molar-refractivity contribution in [1.29, 1.82) is 0 Å². The lowest BCUT2D eigenvalue weighted by Gasteiger charge is -2.09. The summed E-state index contributed by atoms with van der Waals surface area (Å²) >= 11 is 0. The van der Waals surface area contributed by atoms with E-state index < -0.39 is 4.92 Å². The molecule has 1 heterocycles. The molecule has 20 heavy (non-hydrogen) atoms. The molecule has 2 aromatic rings. The Balaban J connectivity index is 2.25. The van der Waals surface area contributed by atoms with E-state index >= 15 is 0 Å². The molecule has 7 heteroatoms. The van der Waals surface area contributed by atoms with Crippen molar-refractivity contribution in [3.8, 4) is 17.4 Å². The third kappa shape index (κ3) is 2.89. The predicted octanol–water partition coefficient (Wildman–Crippen LogP) is 2.60. The molecule has 0 saturated heterocycles. The van der Waals surface area contributed by atoms with Crippen molar-refractivity contribution >= 4 is 12.0 Å². The van der Waals surface area contributed by atoms with Crippen molar-refractivity contribution in [1.82, 2.24) is 4.98 Å². The number of nitrogens with zero attached hydrogens (tertiary/aromatic N) is 2. The zero-order valence-corrected chi connectivity index (χ0v) is 10.5. The molecule has 0 unspecified atom stereocenters. The molecule has 2 rings (SSSR count). The van der Waals surface area contributed by atoms with Crippen LogP contribution in [0, 0.1) is 10.1 Å². The van der Waals surface area contributed by atoms with E-state index in [9.17, 15) is 14.9 Å². The molecule has 1 aromatic carbocycles. The molecule has 102 valence electrons. The quantitative estimate of drug-likeness (QED) is 0.472. The van der Waals surface area contributed by atoms with Crippen molar-refractivity contribution in [2.24, 2.45) is 0 Å². The summed E-state index contributed by atoms with van der Waals surface area (Å²) in [6.45, 7) is 0. The number of hydrogen-bond donors (Lipinski definition) is 0. The van der Waals surface area contributed by atoms with Crippen LogP contribution in [0.2, 0.25) is 0 Å². The first kappa shape index (κ1) is 13.5. The van der Waals surface area contributed by atoms with E-state index in [0.29, 0.717) is 23.3 Å². The van der Waals surface area contributed by atoms with Gasteiger partial charge in [0.15, 0.2) is 11.5 Å². The highest BCUT2D eigenvalue weighted by Crippen LogP contribution is 2.31. The van der Waals surface area contributed by atoms with E-state index in [-0.39, 0.29) is 11.6 Å². The highest BCUT2D eigenvalue weighted by molar-refractivity contribution is 5.76. The average Bonchev–Trinajstić information content (AvgIpc) is 2.48. The summed E-state index contributed by atoms with van der Waals surface area (Å²) in [5.41, 5.74) is 0.325. The molecule has 0 N–H and O–H groups in total. The maximum atomic E-state index is 10.7. The van der Waals surface area contributed by atoms with Gasteiger partial charge in [0, 0.05) is 17.7 Å². The minimum atomic E-state index is -0.545. The van der Waals surface area contributed by atoms with E-state index in [1.807, 2.05) is 0 Å². The topological polar surface area (TPSA) is 91.6 Å². The molecule has 7 nitrogen and oxygen atoms in total. The van der Waals surface area contributed by atoms with Crippen LogP contribution in [0.15, 0.2) is 36.5 Å². The predicted molar refractivity (Wildman–Crippen MR) is 69.3 cm³/mol. The van der Waals surface area contributed by atoms with Crippen molar-refractivity contribution in [3.63, 3.8) is 0 Å². The highest BCUT2D eigenvalue weighted by Gasteiger charge is 2.10.